The van der Waals surface area contributed by atoms with Gasteiger partial charge in [-0.2, -0.15) is 5.10 Å². The van der Waals surface area contributed by atoms with E-state index in [4.69, 9.17) is 4.74 Å². The number of aromatic amines is 1. The zero-order valence-electron chi connectivity index (χ0n) is 19.9. The smallest absolute Gasteiger partial charge is 0.261 e. The summed E-state index contributed by atoms with van der Waals surface area (Å²) in [6.45, 7) is 1.55. The molecule has 5 rings (SSSR count). The van der Waals surface area contributed by atoms with Crippen LogP contribution in [0, 0.1) is 0 Å². The molecule has 10 nitrogen and oxygen atoms in total. The third kappa shape index (κ3) is 5.22. The fourth-order valence-corrected chi connectivity index (χ4v) is 4.60. The van der Waals surface area contributed by atoms with Crippen LogP contribution in [0.25, 0.3) is 11.4 Å². The number of para-hydroxylation sites is 1. The Morgan fingerprint density at radius 1 is 1.06 bits per heavy atom. The zero-order valence-corrected chi connectivity index (χ0v) is 19.9. The highest BCUT2D eigenvalue weighted by atomic mass is 16.5. The predicted octanol–water partition coefficient (Wildman–Crippen LogP) is 2.18. The van der Waals surface area contributed by atoms with Gasteiger partial charge in [-0.1, -0.05) is 30.3 Å². The Kier molecular flexibility index (Phi) is 6.92. The molecule has 2 aliphatic rings. The standard InChI is InChI=1S/C26H28N6O4/c33-22-16-31(14-12-27-22)26(35)19-8-6-7-18(15-19)24-28-25(30-29-24)21-11-4-5-13-32(21)23(34)17-36-20-9-2-1-3-10-20/h1-3,6-10,15,21H,4-5,11-14,16-17H2,(H,27,33)(H,28,29,30)/t21-/m1/s1. The summed E-state index contributed by atoms with van der Waals surface area (Å²) in [5.41, 5.74) is 1.16. The van der Waals surface area contributed by atoms with Crippen molar-refractivity contribution in [1.29, 1.82) is 0 Å². The second kappa shape index (κ2) is 10.6. The number of carbonyl (C=O) groups is 3. The van der Waals surface area contributed by atoms with Gasteiger partial charge >= 0.3 is 0 Å². The number of nitrogens with zero attached hydrogens (tertiary/aromatic N) is 4. The van der Waals surface area contributed by atoms with Crippen LogP contribution in [0.4, 0.5) is 0 Å². The maximum atomic E-state index is 13.0. The lowest BCUT2D eigenvalue weighted by Crippen LogP contribution is -2.49. The monoisotopic (exact) mass is 488 g/mol. The maximum absolute atomic E-state index is 13.0. The van der Waals surface area contributed by atoms with Crippen molar-refractivity contribution >= 4 is 17.7 Å². The van der Waals surface area contributed by atoms with Gasteiger partial charge in [0.25, 0.3) is 11.8 Å². The molecule has 0 aliphatic carbocycles. The summed E-state index contributed by atoms with van der Waals surface area (Å²) in [5, 5.41) is 10.1. The molecule has 1 atom stereocenters. The zero-order chi connectivity index (χ0) is 24.9. The van der Waals surface area contributed by atoms with E-state index in [9.17, 15) is 14.4 Å². The van der Waals surface area contributed by atoms with Crippen molar-refractivity contribution < 1.29 is 19.1 Å². The molecule has 2 aromatic carbocycles. The van der Waals surface area contributed by atoms with E-state index in [1.165, 1.54) is 4.90 Å². The predicted molar refractivity (Wildman–Crippen MR) is 131 cm³/mol. The number of H-pyrrole nitrogens is 1. The Labute approximate surface area is 208 Å². The Morgan fingerprint density at radius 2 is 1.92 bits per heavy atom. The minimum atomic E-state index is -0.219. The lowest BCUT2D eigenvalue weighted by atomic mass is 10.0. The molecule has 2 saturated heterocycles. The minimum Gasteiger partial charge on any atom is -0.484 e. The molecule has 0 bridgehead atoms. The van der Waals surface area contributed by atoms with Gasteiger partial charge in [0.05, 0.1) is 12.6 Å². The van der Waals surface area contributed by atoms with Gasteiger partial charge in [-0.15, -0.1) is 0 Å². The first-order valence-corrected chi connectivity index (χ1v) is 12.1. The summed E-state index contributed by atoms with van der Waals surface area (Å²) in [4.78, 5) is 45.6. The van der Waals surface area contributed by atoms with E-state index in [1.54, 1.807) is 23.1 Å². The first-order chi connectivity index (χ1) is 17.6. The van der Waals surface area contributed by atoms with Crippen LogP contribution in [0.2, 0.25) is 0 Å². The molecule has 0 radical (unpaired) electrons. The molecule has 3 amide bonds. The second-order valence-electron chi connectivity index (χ2n) is 8.90. The molecule has 0 saturated carbocycles. The van der Waals surface area contributed by atoms with Crippen LogP contribution in [0.3, 0.4) is 0 Å². The Morgan fingerprint density at radius 3 is 2.75 bits per heavy atom. The van der Waals surface area contributed by atoms with Crippen molar-refractivity contribution in [2.75, 3.05) is 32.8 Å². The van der Waals surface area contributed by atoms with Gasteiger partial charge in [0.2, 0.25) is 5.91 Å². The second-order valence-corrected chi connectivity index (χ2v) is 8.90. The number of piperidine rings is 1. The van der Waals surface area contributed by atoms with Crippen LogP contribution >= 0.6 is 0 Å². The van der Waals surface area contributed by atoms with Gasteiger partial charge in [-0.25, -0.2) is 4.98 Å². The van der Waals surface area contributed by atoms with Crippen molar-refractivity contribution in [1.82, 2.24) is 30.3 Å². The topological polar surface area (TPSA) is 121 Å². The van der Waals surface area contributed by atoms with E-state index in [-0.39, 0.29) is 36.9 Å². The summed E-state index contributed by atoms with van der Waals surface area (Å²) < 4.78 is 5.67. The van der Waals surface area contributed by atoms with E-state index < -0.39 is 0 Å². The van der Waals surface area contributed by atoms with Crippen LogP contribution < -0.4 is 10.1 Å². The van der Waals surface area contributed by atoms with Crippen LogP contribution in [-0.2, 0) is 9.59 Å². The molecule has 2 fully saturated rings. The summed E-state index contributed by atoms with van der Waals surface area (Å²) in [7, 11) is 0. The van der Waals surface area contributed by atoms with Crippen molar-refractivity contribution in [3.63, 3.8) is 0 Å². The van der Waals surface area contributed by atoms with Crippen LogP contribution in [0.15, 0.2) is 54.6 Å². The fraction of sp³-hybridized carbons (Fsp3) is 0.346. The number of benzene rings is 2. The number of likely N-dealkylation sites (tertiary alicyclic amines) is 1. The quantitative estimate of drug-likeness (QED) is 0.549. The molecular weight excluding hydrogens is 460 g/mol. The molecule has 0 spiro atoms. The third-order valence-corrected chi connectivity index (χ3v) is 6.44. The number of ether oxygens (including phenoxy) is 1. The molecule has 1 aromatic heterocycles. The number of hydrogen-bond donors (Lipinski definition) is 2. The lowest BCUT2D eigenvalue weighted by molar-refractivity contribution is -0.137. The highest BCUT2D eigenvalue weighted by Gasteiger charge is 2.31. The van der Waals surface area contributed by atoms with Crippen molar-refractivity contribution in [2.24, 2.45) is 0 Å². The minimum absolute atomic E-state index is 0.0415. The lowest BCUT2D eigenvalue weighted by Gasteiger charge is -2.34. The Hall–Kier alpha value is -4.21. The molecule has 36 heavy (non-hydrogen) atoms. The van der Waals surface area contributed by atoms with E-state index in [2.05, 4.69) is 20.5 Å². The van der Waals surface area contributed by atoms with Gasteiger partial charge in [0.15, 0.2) is 12.4 Å². The molecule has 3 heterocycles. The summed E-state index contributed by atoms with van der Waals surface area (Å²) >= 11 is 0. The van der Waals surface area contributed by atoms with Gasteiger partial charge in [0.1, 0.15) is 11.6 Å². The van der Waals surface area contributed by atoms with E-state index >= 15 is 0 Å². The number of carbonyl (C=O) groups excluding carboxylic acids is 3. The first kappa shape index (κ1) is 23.5. The molecule has 2 N–H and O–H groups in total. The molecule has 10 heteroatoms. The van der Waals surface area contributed by atoms with Crippen molar-refractivity contribution in [3.8, 4) is 17.1 Å². The van der Waals surface area contributed by atoms with Gasteiger partial charge in [-0.05, 0) is 43.5 Å². The molecular formula is C26H28N6O4. The van der Waals surface area contributed by atoms with Crippen LogP contribution in [-0.4, -0.2) is 75.5 Å². The molecule has 0 unspecified atom stereocenters. The SMILES string of the molecule is O=C1CN(C(=O)c2cccc(-c3n[nH]c([C@H]4CCCCN4C(=O)COc4ccccc4)n3)c2)CCN1. The summed E-state index contributed by atoms with van der Waals surface area (Å²) in [5.74, 6) is 1.26. The normalized spacial score (nSPS) is 18.0. The Bertz CT molecular complexity index is 1240. The number of piperazine rings is 1. The number of aromatic nitrogens is 3. The highest BCUT2D eigenvalue weighted by Crippen LogP contribution is 2.30. The fourth-order valence-electron chi connectivity index (χ4n) is 4.60. The summed E-state index contributed by atoms with van der Waals surface area (Å²) in [6.07, 6.45) is 2.69. The van der Waals surface area contributed by atoms with Crippen molar-refractivity contribution in [2.45, 2.75) is 25.3 Å². The van der Waals surface area contributed by atoms with Crippen molar-refractivity contribution in [3.05, 3.63) is 66.0 Å². The van der Waals surface area contributed by atoms with Gasteiger partial charge in [0, 0.05) is 30.8 Å². The number of nitrogens with one attached hydrogen (secondary N) is 2. The van der Waals surface area contributed by atoms with E-state index in [1.807, 2.05) is 36.4 Å². The maximum Gasteiger partial charge on any atom is 0.261 e. The largest absolute Gasteiger partial charge is 0.484 e. The third-order valence-electron chi connectivity index (χ3n) is 6.44. The van der Waals surface area contributed by atoms with Gasteiger partial charge in [-0.3, -0.25) is 19.5 Å². The van der Waals surface area contributed by atoms with Gasteiger partial charge < -0.3 is 19.9 Å². The number of hydrogen-bond acceptors (Lipinski definition) is 6. The molecule has 186 valence electrons. The number of rotatable bonds is 6. The average Bonchev–Trinajstić information content (AvgIpc) is 3.42. The molecule has 3 aromatic rings. The average molecular weight is 489 g/mol. The Balaban J connectivity index is 1.30. The molecule has 2 aliphatic heterocycles. The van der Waals surface area contributed by atoms with Crippen LogP contribution in [0.5, 0.6) is 5.75 Å². The van der Waals surface area contributed by atoms with E-state index in [0.717, 1.165) is 19.3 Å². The van der Waals surface area contributed by atoms with E-state index in [0.29, 0.717) is 48.2 Å². The van der Waals surface area contributed by atoms with Crippen LogP contribution in [0.1, 0.15) is 41.5 Å². The number of amides is 3. The first-order valence-electron chi connectivity index (χ1n) is 12.1. The highest BCUT2D eigenvalue weighted by molar-refractivity contribution is 5.97. The summed E-state index contributed by atoms with van der Waals surface area (Å²) in [6, 6.07) is 16.1.